The van der Waals surface area contributed by atoms with Crippen molar-refractivity contribution in [3.05, 3.63) is 68.7 Å². The number of benzene rings is 2. The predicted octanol–water partition coefficient (Wildman–Crippen LogP) is 4.25. The second-order valence-electron chi connectivity index (χ2n) is 7.87. The molecule has 1 N–H and O–H groups in total. The highest BCUT2D eigenvalue weighted by Crippen LogP contribution is 2.38. The van der Waals surface area contributed by atoms with Gasteiger partial charge in [0, 0.05) is 25.2 Å². The summed E-state index contributed by atoms with van der Waals surface area (Å²) in [5, 5.41) is 10.8. The fourth-order valence-electron chi connectivity index (χ4n) is 4.08. The molecule has 0 fully saturated rings. The molecule has 1 aromatic heterocycles. The molecule has 0 spiro atoms. The molecule has 0 bridgehead atoms. The van der Waals surface area contributed by atoms with Gasteiger partial charge in [0.25, 0.3) is 5.91 Å². The molecular weight excluding hydrogens is 501 g/mol. The molecule has 0 atom stereocenters. The molecule has 188 valence electrons. The first-order valence-electron chi connectivity index (χ1n) is 10.4. The van der Waals surface area contributed by atoms with E-state index in [1.54, 1.807) is 0 Å². The first-order chi connectivity index (χ1) is 17.1. The molecule has 0 radical (unpaired) electrons. The van der Waals surface area contributed by atoms with Crippen molar-refractivity contribution in [1.82, 2.24) is 0 Å². The van der Waals surface area contributed by atoms with Crippen LogP contribution in [-0.4, -0.2) is 44.2 Å². The van der Waals surface area contributed by atoms with Gasteiger partial charge in [0.2, 0.25) is 5.91 Å². The Balaban J connectivity index is 1.78. The van der Waals surface area contributed by atoms with Gasteiger partial charge in [-0.2, -0.15) is 0 Å². The van der Waals surface area contributed by atoms with E-state index in [2.05, 4.69) is 0 Å². The second kappa shape index (κ2) is 9.53. The lowest BCUT2D eigenvalue weighted by Gasteiger charge is -2.28. The molecule has 36 heavy (non-hydrogen) atoms. The highest BCUT2D eigenvalue weighted by Gasteiger charge is 2.38. The molecule has 0 saturated carbocycles. The summed E-state index contributed by atoms with van der Waals surface area (Å²) in [5.41, 5.74) is -0.310. The number of ether oxygens (including phenoxy) is 2. The van der Waals surface area contributed by atoms with E-state index < -0.39 is 40.9 Å². The summed E-state index contributed by atoms with van der Waals surface area (Å²) >= 11 is 0.804. The number of nitrogens with zero attached hydrogens (tertiary/aromatic N) is 2. The zero-order valence-electron chi connectivity index (χ0n) is 19.2. The van der Waals surface area contributed by atoms with E-state index in [9.17, 15) is 28.3 Å². The van der Waals surface area contributed by atoms with Crippen molar-refractivity contribution in [3.8, 4) is 11.5 Å². The Morgan fingerprint density at radius 3 is 2.44 bits per heavy atom. The minimum Gasteiger partial charge on any atom is -0.496 e. The molecule has 8 nitrogen and oxygen atoms in total. The third-order valence-corrected chi connectivity index (χ3v) is 6.72. The Bertz CT molecular complexity index is 1410. The number of amides is 2. The topological polar surface area (TPSA) is 96.4 Å². The second-order valence-corrected chi connectivity index (χ2v) is 8.74. The van der Waals surface area contributed by atoms with E-state index in [1.807, 2.05) is 0 Å². The van der Waals surface area contributed by atoms with Crippen molar-refractivity contribution in [2.75, 3.05) is 31.1 Å². The molecule has 3 aromatic rings. The van der Waals surface area contributed by atoms with Crippen molar-refractivity contribution < 1.29 is 42.1 Å². The summed E-state index contributed by atoms with van der Waals surface area (Å²) in [6, 6.07) is 4.31. The standard InChI is InChI=1S/C24H19F3N2O6S/c1-28(21-16(34-2)5-4-13(25)20(21)27)9-11-6-15(14(26)8-17(11)35-3)29-18(30)7-12-10-36-22(24(32)33)19(12)23(29)31/h4-6,8,10H,7,9H2,1-3H3,(H,32,33). The van der Waals surface area contributed by atoms with Crippen LogP contribution in [0.4, 0.5) is 24.5 Å². The van der Waals surface area contributed by atoms with Crippen LogP contribution < -0.4 is 19.3 Å². The molecule has 0 unspecified atom stereocenters. The van der Waals surface area contributed by atoms with E-state index in [-0.39, 0.29) is 51.7 Å². The van der Waals surface area contributed by atoms with Gasteiger partial charge >= 0.3 is 5.97 Å². The highest BCUT2D eigenvalue weighted by molar-refractivity contribution is 7.12. The average molecular weight is 520 g/mol. The van der Waals surface area contributed by atoms with Crippen LogP contribution >= 0.6 is 11.3 Å². The largest absolute Gasteiger partial charge is 0.496 e. The maximum absolute atomic E-state index is 15.1. The molecule has 0 saturated heterocycles. The first-order valence-corrected chi connectivity index (χ1v) is 11.3. The van der Waals surface area contributed by atoms with Gasteiger partial charge in [-0.1, -0.05) is 0 Å². The number of carbonyl (C=O) groups is 3. The molecule has 4 rings (SSSR count). The Kier molecular flexibility index (Phi) is 6.63. The third kappa shape index (κ3) is 4.13. The monoisotopic (exact) mass is 520 g/mol. The quantitative estimate of drug-likeness (QED) is 0.466. The van der Waals surface area contributed by atoms with Crippen molar-refractivity contribution in [1.29, 1.82) is 0 Å². The van der Waals surface area contributed by atoms with Gasteiger partial charge in [0.1, 0.15) is 22.1 Å². The van der Waals surface area contributed by atoms with E-state index >= 15 is 4.39 Å². The van der Waals surface area contributed by atoms with Crippen LogP contribution in [0.15, 0.2) is 29.6 Å². The highest BCUT2D eigenvalue weighted by atomic mass is 32.1. The summed E-state index contributed by atoms with van der Waals surface area (Å²) < 4.78 is 54.0. The third-order valence-electron chi connectivity index (χ3n) is 5.70. The first kappa shape index (κ1) is 25.0. The van der Waals surface area contributed by atoms with Crippen LogP contribution in [0.25, 0.3) is 0 Å². The summed E-state index contributed by atoms with van der Waals surface area (Å²) in [4.78, 5) is 39.2. The van der Waals surface area contributed by atoms with Gasteiger partial charge in [0.05, 0.1) is 31.9 Å². The summed E-state index contributed by atoms with van der Waals surface area (Å²) in [6.45, 7) is -0.159. The van der Waals surface area contributed by atoms with Gasteiger partial charge in [-0.25, -0.2) is 22.9 Å². The number of carboxylic acids is 1. The van der Waals surface area contributed by atoms with Crippen LogP contribution in [-0.2, 0) is 17.8 Å². The van der Waals surface area contributed by atoms with Crippen molar-refractivity contribution >= 4 is 40.5 Å². The van der Waals surface area contributed by atoms with Gasteiger partial charge in [-0.3, -0.25) is 9.59 Å². The van der Waals surface area contributed by atoms with E-state index in [1.165, 1.54) is 43.7 Å². The van der Waals surface area contributed by atoms with Crippen LogP contribution in [0.5, 0.6) is 11.5 Å². The fraction of sp³-hybridized carbons (Fsp3) is 0.208. The van der Waals surface area contributed by atoms with Gasteiger partial charge < -0.3 is 19.5 Å². The molecule has 0 aliphatic carbocycles. The number of carbonyl (C=O) groups excluding carboxylic acids is 2. The van der Waals surface area contributed by atoms with Crippen molar-refractivity contribution in [2.24, 2.45) is 0 Å². The zero-order valence-corrected chi connectivity index (χ0v) is 20.0. The Labute approximate surface area is 207 Å². The number of anilines is 2. The zero-order chi connectivity index (χ0) is 26.3. The maximum Gasteiger partial charge on any atom is 0.346 e. The smallest absolute Gasteiger partial charge is 0.346 e. The fourth-order valence-corrected chi connectivity index (χ4v) is 4.97. The lowest BCUT2D eigenvalue weighted by Crippen LogP contribution is -2.43. The molecule has 2 heterocycles. The predicted molar refractivity (Wildman–Crippen MR) is 125 cm³/mol. The van der Waals surface area contributed by atoms with Crippen molar-refractivity contribution in [3.63, 3.8) is 0 Å². The number of thiophene rings is 1. The number of methoxy groups -OCH3 is 2. The van der Waals surface area contributed by atoms with Gasteiger partial charge in [0.15, 0.2) is 17.5 Å². The molecular formula is C24H19F3N2O6S. The van der Waals surface area contributed by atoms with Crippen LogP contribution in [0, 0.1) is 17.5 Å². The normalized spacial score (nSPS) is 13.0. The number of rotatable bonds is 7. The number of hydrogen-bond donors (Lipinski definition) is 1. The molecule has 12 heteroatoms. The Hall–Kier alpha value is -4.06. The maximum atomic E-state index is 15.1. The van der Waals surface area contributed by atoms with E-state index in [4.69, 9.17) is 9.47 Å². The Morgan fingerprint density at radius 2 is 1.81 bits per heavy atom. The van der Waals surface area contributed by atoms with Crippen LogP contribution in [0.1, 0.15) is 31.2 Å². The summed E-state index contributed by atoms with van der Waals surface area (Å²) in [6.07, 6.45) is -0.294. The number of aromatic carboxylic acids is 1. The Morgan fingerprint density at radius 1 is 1.11 bits per heavy atom. The SMILES string of the molecule is COc1cc(F)c(N2C(=O)Cc3csc(C(=O)O)c3C2=O)cc1CN(C)c1c(OC)ccc(F)c1F. The van der Waals surface area contributed by atoms with E-state index in [0.717, 1.165) is 23.5 Å². The summed E-state index contributed by atoms with van der Waals surface area (Å²) in [7, 11) is 4.00. The van der Waals surface area contributed by atoms with Gasteiger partial charge in [-0.05, 0) is 29.1 Å². The lowest BCUT2D eigenvalue weighted by molar-refractivity contribution is -0.117. The van der Waals surface area contributed by atoms with E-state index in [0.29, 0.717) is 4.90 Å². The minimum atomic E-state index is -1.34. The molecule has 1 aliphatic rings. The van der Waals surface area contributed by atoms with Crippen LogP contribution in [0.3, 0.4) is 0 Å². The molecule has 2 aromatic carbocycles. The molecule has 1 aliphatic heterocycles. The number of hydrogen-bond acceptors (Lipinski definition) is 7. The molecule has 2 amide bonds. The summed E-state index contributed by atoms with van der Waals surface area (Å²) in [5.74, 6) is -6.22. The number of imide groups is 1. The average Bonchev–Trinajstić information content (AvgIpc) is 3.26. The number of fused-ring (bicyclic) bond motifs is 1. The lowest BCUT2D eigenvalue weighted by atomic mass is 9.99. The number of carboxylic acid groups (broad SMARTS) is 1. The van der Waals surface area contributed by atoms with Crippen LogP contribution in [0.2, 0.25) is 0 Å². The minimum absolute atomic E-state index is 0.0261. The number of halogens is 3. The van der Waals surface area contributed by atoms with Gasteiger partial charge in [-0.15, -0.1) is 11.3 Å². The van der Waals surface area contributed by atoms with Crippen molar-refractivity contribution in [2.45, 2.75) is 13.0 Å².